The summed E-state index contributed by atoms with van der Waals surface area (Å²) in [6.07, 6.45) is 2.70. The van der Waals surface area contributed by atoms with Gasteiger partial charge in [0, 0.05) is 17.3 Å². The largest absolute Gasteiger partial charge is 0.328 e. The van der Waals surface area contributed by atoms with Crippen molar-refractivity contribution in [2.45, 2.75) is 0 Å². The molecular formula is C21H21ClF2N3O2+. The first-order valence-corrected chi connectivity index (χ1v) is 9.60. The van der Waals surface area contributed by atoms with Gasteiger partial charge in [0.25, 0.3) is 5.91 Å². The molecule has 2 aromatic carbocycles. The van der Waals surface area contributed by atoms with E-state index < -0.39 is 5.82 Å². The Morgan fingerprint density at radius 1 is 1.10 bits per heavy atom. The Labute approximate surface area is 172 Å². The van der Waals surface area contributed by atoms with E-state index in [0.29, 0.717) is 31.9 Å². The maximum atomic E-state index is 13.8. The van der Waals surface area contributed by atoms with E-state index in [0.717, 1.165) is 4.90 Å². The molecule has 5 nitrogen and oxygen atoms in total. The van der Waals surface area contributed by atoms with Crippen LogP contribution in [0.15, 0.2) is 48.5 Å². The van der Waals surface area contributed by atoms with Crippen LogP contribution in [0.2, 0.25) is 5.02 Å². The van der Waals surface area contributed by atoms with Gasteiger partial charge in [-0.1, -0.05) is 17.7 Å². The number of nitrogens with zero attached hydrogens (tertiary/aromatic N) is 1. The number of carbonyl (C=O) groups excluding carboxylic acids is 2. The Morgan fingerprint density at radius 3 is 2.45 bits per heavy atom. The maximum absolute atomic E-state index is 13.8. The van der Waals surface area contributed by atoms with Crippen molar-refractivity contribution >= 4 is 35.2 Å². The fourth-order valence-electron chi connectivity index (χ4n) is 3.12. The summed E-state index contributed by atoms with van der Waals surface area (Å²) in [5.41, 5.74) is 0.728. The molecule has 0 aliphatic carbocycles. The molecule has 2 amide bonds. The monoisotopic (exact) mass is 420 g/mol. The van der Waals surface area contributed by atoms with Crippen LogP contribution in [0.5, 0.6) is 0 Å². The quantitative estimate of drug-likeness (QED) is 0.727. The molecule has 1 heterocycles. The lowest BCUT2D eigenvalue weighted by atomic mass is 10.2. The van der Waals surface area contributed by atoms with Gasteiger partial charge >= 0.3 is 0 Å². The van der Waals surface area contributed by atoms with Crippen LogP contribution < -0.4 is 10.2 Å². The van der Waals surface area contributed by atoms with Crippen molar-refractivity contribution in [3.05, 3.63) is 70.8 Å². The molecule has 0 radical (unpaired) electrons. The number of quaternary nitrogens is 1. The highest BCUT2D eigenvalue weighted by Gasteiger charge is 2.24. The molecule has 1 saturated heterocycles. The van der Waals surface area contributed by atoms with Crippen LogP contribution in [-0.4, -0.2) is 49.4 Å². The molecule has 0 saturated carbocycles. The molecule has 8 heteroatoms. The summed E-state index contributed by atoms with van der Waals surface area (Å²) < 4.78 is 26.7. The minimum absolute atomic E-state index is 0.166. The van der Waals surface area contributed by atoms with E-state index >= 15 is 0 Å². The summed E-state index contributed by atoms with van der Waals surface area (Å²) in [4.78, 5) is 27.2. The zero-order valence-corrected chi connectivity index (χ0v) is 16.4. The Bertz CT molecular complexity index is 890. The normalized spacial score (nSPS) is 14.9. The van der Waals surface area contributed by atoms with E-state index in [4.69, 9.17) is 11.6 Å². The number of benzene rings is 2. The van der Waals surface area contributed by atoms with Crippen molar-refractivity contribution in [1.82, 2.24) is 4.90 Å². The number of anilines is 1. The molecule has 2 N–H and O–H groups in total. The number of halogens is 3. The molecule has 1 fully saturated rings. The topological polar surface area (TPSA) is 53.9 Å². The van der Waals surface area contributed by atoms with Gasteiger partial charge in [-0.15, -0.1) is 0 Å². The number of hydrogen-bond acceptors (Lipinski definition) is 2. The molecular weight excluding hydrogens is 400 g/mol. The van der Waals surface area contributed by atoms with Gasteiger partial charge in [-0.25, -0.2) is 8.78 Å². The van der Waals surface area contributed by atoms with Crippen molar-refractivity contribution < 1.29 is 23.3 Å². The lowest BCUT2D eigenvalue weighted by molar-refractivity contribution is -0.895. The number of amides is 2. The fraction of sp³-hybridized carbons (Fsp3) is 0.238. The van der Waals surface area contributed by atoms with Crippen molar-refractivity contribution in [2.75, 3.05) is 38.0 Å². The number of rotatable bonds is 5. The summed E-state index contributed by atoms with van der Waals surface area (Å²) in [5.74, 6) is -1.23. The van der Waals surface area contributed by atoms with Crippen LogP contribution in [0, 0.1) is 11.6 Å². The zero-order chi connectivity index (χ0) is 20.8. The van der Waals surface area contributed by atoms with E-state index in [1.807, 2.05) is 0 Å². The van der Waals surface area contributed by atoms with Gasteiger partial charge in [0.05, 0.1) is 31.2 Å². The molecule has 3 rings (SSSR count). The SMILES string of the molecule is O=C(C[NH+]1CCN(C(=O)/C=C/c2c(F)cccc2Cl)CC1)Nc1ccc(F)cc1. The van der Waals surface area contributed by atoms with E-state index in [-0.39, 0.29) is 34.8 Å². The first-order chi connectivity index (χ1) is 13.9. The third-order valence-corrected chi connectivity index (χ3v) is 5.04. The van der Waals surface area contributed by atoms with Crippen LogP contribution >= 0.6 is 11.6 Å². The summed E-state index contributed by atoms with van der Waals surface area (Å²) in [6.45, 7) is 2.49. The number of hydrogen-bond donors (Lipinski definition) is 2. The summed E-state index contributed by atoms with van der Waals surface area (Å²) in [7, 11) is 0. The second-order valence-electron chi connectivity index (χ2n) is 6.78. The standard InChI is InChI=1S/C21H20ClF2N3O2/c22-18-2-1-3-19(24)17(18)8-9-21(29)27-12-10-26(11-13-27)14-20(28)25-16-6-4-15(23)5-7-16/h1-9H,10-14H2,(H,25,28)/p+1/b9-8+. The second-order valence-corrected chi connectivity index (χ2v) is 7.18. The Morgan fingerprint density at radius 2 is 1.79 bits per heavy atom. The highest BCUT2D eigenvalue weighted by Crippen LogP contribution is 2.20. The average Bonchev–Trinajstić information content (AvgIpc) is 2.70. The van der Waals surface area contributed by atoms with E-state index in [1.165, 1.54) is 48.6 Å². The third kappa shape index (κ3) is 5.85. The number of nitrogens with one attached hydrogen (secondary N) is 2. The van der Waals surface area contributed by atoms with E-state index in [9.17, 15) is 18.4 Å². The molecule has 0 unspecified atom stereocenters. The average molecular weight is 421 g/mol. The minimum atomic E-state index is -0.483. The van der Waals surface area contributed by atoms with Crippen LogP contribution in [0.1, 0.15) is 5.56 Å². The van der Waals surface area contributed by atoms with Gasteiger partial charge < -0.3 is 15.1 Å². The van der Waals surface area contributed by atoms with Crippen molar-refractivity contribution in [1.29, 1.82) is 0 Å². The highest BCUT2D eigenvalue weighted by atomic mass is 35.5. The first-order valence-electron chi connectivity index (χ1n) is 9.22. The maximum Gasteiger partial charge on any atom is 0.279 e. The molecule has 2 aromatic rings. The van der Waals surface area contributed by atoms with Gasteiger partial charge in [0.2, 0.25) is 5.91 Å². The lowest BCUT2D eigenvalue weighted by Crippen LogP contribution is -3.15. The Balaban J connectivity index is 1.47. The molecule has 1 aliphatic rings. The molecule has 0 spiro atoms. The van der Waals surface area contributed by atoms with Crippen molar-refractivity contribution in [2.24, 2.45) is 0 Å². The van der Waals surface area contributed by atoms with E-state index in [1.54, 1.807) is 11.0 Å². The third-order valence-electron chi connectivity index (χ3n) is 4.71. The summed E-state index contributed by atoms with van der Waals surface area (Å²) >= 11 is 5.96. The van der Waals surface area contributed by atoms with Crippen LogP contribution in [0.3, 0.4) is 0 Å². The highest BCUT2D eigenvalue weighted by molar-refractivity contribution is 6.32. The molecule has 0 aromatic heterocycles. The van der Waals surface area contributed by atoms with Gasteiger partial charge in [0.1, 0.15) is 11.6 Å². The smallest absolute Gasteiger partial charge is 0.279 e. The minimum Gasteiger partial charge on any atom is -0.328 e. The molecule has 29 heavy (non-hydrogen) atoms. The van der Waals surface area contributed by atoms with Crippen molar-refractivity contribution in [3.63, 3.8) is 0 Å². The number of piperazine rings is 1. The van der Waals surface area contributed by atoms with Gasteiger partial charge in [0.15, 0.2) is 6.54 Å². The molecule has 0 atom stereocenters. The molecule has 1 aliphatic heterocycles. The summed E-state index contributed by atoms with van der Waals surface area (Å²) in [5, 5.41) is 2.98. The van der Waals surface area contributed by atoms with Gasteiger partial charge in [-0.2, -0.15) is 0 Å². The second kappa shape index (κ2) is 9.62. The van der Waals surface area contributed by atoms with Crippen molar-refractivity contribution in [3.8, 4) is 0 Å². The van der Waals surface area contributed by atoms with Crippen LogP contribution in [0.4, 0.5) is 14.5 Å². The zero-order valence-electron chi connectivity index (χ0n) is 15.6. The van der Waals surface area contributed by atoms with Crippen LogP contribution in [0.25, 0.3) is 6.08 Å². The van der Waals surface area contributed by atoms with Gasteiger partial charge in [-0.3, -0.25) is 9.59 Å². The van der Waals surface area contributed by atoms with E-state index in [2.05, 4.69) is 5.32 Å². The summed E-state index contributed by atoms with van der Waals surface area (Å²) in [6, 6.07) is 9.94. The predicted octanol–water partition coefficient (Wildman–Crippen LogP) is 2.00. The molecule has 0 bridgehead atoms. The Hall–Kier alpha value is -2.77. The van der Waals surface area contributed by atoms with Crippen LogP contribution in [-0.2, 0) is 9.59 Å². The fourth-order valence-corrected chi connectivity index (χ4v) is 3.34. The Kier molecular flexibility index (Phi) is 6.95. The predicted molar refractivity (Wildman–Crippen MR) is 108 cm³/mol. The number of carbonyl (C=O) groups is 2. The first kappa shape index (κ1) is 21.0. The lowest BCUT2D eigenvalue weighted by Gasteiger charge is -2.31. The van der Waals surface area contributed by atoms with Gasteiger partial charge in [-0.05, 0) is 42.5 Å². The molecule has 152 valence electrons.